The quantitative estimate of drug-likeness (QED) is 0.544. The van der Waals surface area contributed by atoms with Crippen molar-refractivity contribution < 1.29 is 32.2 Å². The van der Waals surface area contributed by atoms with Crippen molar-refractivity contribution in [1.82, 2.24) is 0 Å². The van der Waals surface area contributed by atoms with Gasteiger partial charge in [0.1, 0.15) is 23.1 Å². The van der Waals surface area contributed by atoms with Gasteiger partial charge in [0.2, 0.25) is 0 Å². The van der Waals surface area contributed by atoms with Crippen LogP contribution in [0.3, 0.4) is 0 Å². The Morgan fingerprint density at radius 2 is 1.55 bits per heavy atom. The number of nitrogens with one attached hydrogen (secondary N) is 1. The van der Waals surface area contributed by atoms with Crippen molar-refractivity contribution >= 4 is 11.7 Å². The van der Waals surface area contributed by atoms with Crippen molar-refractivity contribution in [2.45, 2.75) is 6.54 Å². The van der Waals surface area contributed by atoms with Crippen LogP contribution in [-0.4, -0.2) is 17.7 Å². The molecule has 0 amide bonds. The van der Waals surface area contributed by atoms with Crippen LogP contribution >= 0.6 is 0 Å². The summed E-state index contributed by atoms with van der Waals surface area (Å²) >= 11 is 0. The van der Waals surface area contributed by atoms with Crippen molar-refractivity contribution in [2.75, 3.05) is 11.9 Å². The molecular weight excluding hydrogens is 390 g/mol. The molecule has 0 saturated carbocycles. The lowest BCUT2D eigenvalue weighted by molar-refractivity contribution is -0.139. The molecule has 0 aliphatic carbocycles. The highest BCUT2D eigenvalue weighted by molar-refractivity contribution is 5.68. The number of hydrogen-bond acceptors (Lipinski definition) is 3. The number of anilines is 1. The predicted molar refractivity (Wildman–Crippen MR) is 98.6 cm³/mol. The standard InChI is InChI=1S/C21H15F4NO3/c22-15-4-1-12(2-5-15)13-3-6-16(23)14(9-13)10-26-21-17(24)7-8-18(20(21)25)29-11-19(27)28/h1-9,26H,10-11H2,(H,27,28). The fourth-order valence-corrected chi connectivity index (χ4v) is 2.66. The van der Waals surface area contributed by atoms with Crippen molar-refractivity contribution in [2.24, 2.45) is 0 Å². The summed E-state index contributed by atoms with van der Waals surface area (Å²) in [5, 5.41) is 11.1. The van der Waals surface area contributed by atoms with Gasteiger partial charge in [-0.05, 0) is 47.5 Å². The highest BCUT2D eigenvalue weighted by Crippen LogP contribution is 2.29. The molecule has 150 valence electrons. The first-order chi connectivity index (χ1) is 13.8. The molecule has 8 heteroatoms. The van der Waals surface area contributed by atoms with Gasteiger partial charge in [0.25, 0.3) is 0 Å². The number of ether oxygens (including phenoxy) is 1. The molecular formula is C21H15F4NO3. The van der Waals surface area contributed by atoms with Crippen LogP contribution in [0, 0.1) is 23.3 Å². The third kappa shape index (κ3) is 4.84. The molecule has 4 nitrogen and oxygen atoms in total. The molecule has 29 heavy (non-hydrogen) atoms. The minimum Gasteiger partial charge on any atom is -0.479 e. The summed E-state index contributed by atoms with van der Waals surface area (Å²) in [5.41, 5.74) is 0.804. The molecule has 0 radical (unpaired) electrons. The first kappa shape index (κ1) is 20.2. The molecule has 0 atom stereocenters. The first-order valence-electron chi connectivity index (χ1n) is 8.46. The topological polar surface area (TPSA) is 58.6 Å². The Kier molecular flexibility index (Phi) is 6.01. The van der Waals surface area contributed by atoms with E-state index in [1.54, 1.807) is 0 Å². The van der Waals surface area contributed by atoms with Gasteiger partial charge >= 0.3 is 5.97 Å². The fourth-order valence-electron chi connectivity index (χ4n) is 2.66. The normalized spacial score (nSPS) is 10.6. The number of aliphatic carboxylic acids is 1. The molecule has 0 aliphatic rings. The van der Waals surface area contributed by atoms with Crippen LogP contribution in [-0.2, 0) is 11.3 Å². The van der Waals surface area contributed by atoms with E-state index in [1.165, 1.54) is 42.5 Å². The van der Waals surface area contributed by atoms with Gasteiger partial charge in [-0.3, -0.25) is 0 Å². The van der Waals surface area contributed by atoms with Crippen LogP contribution in [0.5, 0.6) is 5.75 Å². The lowest BCUT2D eigenvalue weighted by Gasteiger charge is -2.13. The Balaban J connectivity index is 1.82. The molecule has 3 aromatic carbocycles. The van der Waals surface area contributed by atoms with Crippen molar-refractivity contribution in [3.63, 3.8) is 0 Å². The third-order valence-corrected chi connectivity index (χ3v) is 4.09. The summed E-state index contributed by atoms with van der Waals surface area (Å²) in [6.07, 6.45) is 0. The van der Waals surface area contributed by atoms with Crippen LogP contribution < -0.4 is 10.1 Å². The average molecular weight is 405 g/mol. The number of rotatable bonds is 7. The summed E-state index contributed by atoms with van der Waals surface area (Å²) in [7, 11) is 0. The van der Waals surface area contributed by atoms with Crippen LogP contribution in [0.25, 0.3) is 11.1 Å². The zero-order valence-electron chi connectivity index (χ0n) is 14.9. The zero-order chi connectivity index (χ0) is 21.0. The van der Waals surface area contributed by atoms with Gasteiger partial charge in [-0.25, -0.2) is 22.4 Å². The summed E-state index contributed by atoms with van der Waals surface area (Å²) in [5.74, 6) is -4.84. The van der Waals surface area contributed by atoms with Gasteiger partial charge in [0, 0.05) is 12.1 Å². The van der Waals surface area contributed by atoms with Crippen LogP contribution in [0.2, 0.25) is 0 Å². The summed E-state index contributed by atoms with van der Waals surface area (Å²) < 4.78 is 60.4. The van der Waals surface area contributed by atoms with Crippen LogP contribution in [0.15, 0.2) is 54.6 Å². The molecule has 0 aromatic heterocycles. The summed E-state index contributed by atoms with van der Waals surface area (Å²) in [6, 6.07) is 11.7. The maximum absolute atomic E-state index is 14.4. The fraction of sp³-hybridized carbons (Fsp3) is 0.0952. The maximum Gasteiger partial charge on any atom is 0.341 e. The molecule has 3 rings (SSSR count). The minimum absolute atomic E-state index is 0.127. The smallest absolute Gasteiger partial charge is 0.341 e. The molecule has 0 bridgehead atoms. The Bertz CT molecular complexity index is 1040. The number of benzene rings is 3. The number of hydrogen-bond donors (Lipinski definition) is 2. The molecule has 3 aromatic rings. The second-order valence-corrected chi connectivity index (χ2v) is 6.08. The van der Waals surface area contributed by atoms with Gasteiger partial charge in [-0.1, -0.05) is 18.2 Å². The Hall–Kier alpha value is -3.55. The third-order valence-electron chi connectivity index (χ3n) is 4.09. The highest BCUT2D eigenvalue weighted by Gasteiger charge is 2.16. The number of halogens is 4. The molecule has 0 unspecified atom stereocenters. The second kappa shape index (κ2) is 8.64. The van der Waals surface area contributed by atoms with Crippen molar-refractivity contribution in [3.05, 3.63) is 83.4 Å². The van der Waals surface area contributed by atoms with Gasteiger partial charge in [-0.2, -0.15) is 0 Å². The van der Waals surface area contributed by atoms with E-state index >= 15 is 0 Å². The Labute approximate surface area is 163 Å². The highest BCUT2D eigenvalue weighted by atomic mass is 19.1. The van der Waals surface area contributed by atoms with Crippen LogP contribution in [0.4, 0.5) is 23.2 Å². The molecule has 0 aliphatic heterocycles. The molecule has 0 fully saturated rings. The van der Waals surface area contributed by atoms with E-state index in [4.69, 9.17) is 9.84 Å². The number of carboxylic acids is 1. The summed E-state index contributed by atoms with van der Waals surface area (Å²) in [6.45, 7) is -1.05. The SMILES string of the molecule is O=C(O)COc1ccc(F)c(NCc2cc(-c3ccc(F)cc3)ccc2F)c1F. The van der Waals surface area contributed by atoms with E-state index in [-0.39, 0.29) is 12.1 Å². The lowest BCUT2D eigenvalue weighted by atomic mass is 10.0. The largest absolute Gasteiger partial charge is 0.479 e. The molecule has 2 N–H and O–H groups in total. The van der Waals surface area contributed by atoms with Gasteiger partial charge in [0.15, 0.2) is 18.2 Å². The average Bonchev–Trinajstić information content (AvgIpc) is 2.69. The van der Waals surface area contributed by atoms with Crippen molar-refractivity contribution in [1.29, 1.82) is 0 Å². The first-order valence-corrected chi connectivity index (χ1v) is 8.46. The second-order valence-electron chi connectivity index (χ2n) is 6.08. The number of carbonyl (C=O) groups is 1. The van der Waals surface area contributed by atoms with E-state index < -0.39 is 47.3 Å². The zero-order valence-corrected chi connectivity index (χ0v) is 14.9. The predicted octanol–water partition coefficient (Wildman–Crippen LogP) is 4.99. The minimum atomic E-state index is -1.32. The molecule has 0 saturated heterocycles. The monoisotopic (exact) mass is 405 g/mol. The van der Waals surface area contributed by atoms with Gasteiger partial charge in [-0.15, -0.1) is 0 Å². The van der Waals surface area contributed by atoms with E-state index in [9.17, 15) is 22.4 Å². The van der Waals surface area contributed by atoms with E-state index in [1.807, 2.05) is 0 Å². The van der Waals surface area contributed by atoms with E-state index in [0.717, 1.165) is 12.1 Å². The molecule has 0 spiro atoms. The van der Waals surface area contributed by atoms with Gasteiger partial charge in [0.05, 0.1) is 0 Å². The number of carboxylic acid groups (broad SMARTS) is 1. The van der Waals surface area contributed by atoms with E-state index in [2.05, 4.69) is 5.32 Å². The Morgan fingerprint density at radius 3 is 2.24 bits per heavy atom. The van der Waals surface area contributed by atoms with E-state index in [0.29, 0.717) is 11.1 Å². The van der Waals surface area contributed by atoms with Crippen molar-refractivity contribution in [3.8, 4) is 16.9 Å². The Morgan fingerprint density at radius 1 is 0.897 bits per heavy atom. The molecule has 0 heterocycles. The summed E-state index contributed by atoms with van der Waals surface area (Å²) in [4.78, 5) is 10.6. The lowest BCUT2D eigenvalue weighted by Crippen LogP contribution is -2.12. The van der Waals surface area contributed by atoms with Crippen LogP contribution in [0.1, 0.15) is 5.56 Å². The maximum atomic E-state index is 14.4. The van der Waals surface area contributed by atoms with Gasteiger partial charge < -0.3 is 15.2 Å².